The quantitative estimate of drug-likeness (QED) is 0.261. The summed E-state index contributed by atoms with van der Waals surface area (Å²) in [5, 5.41) is 6.80. The molecule has 0 spiro atoms. The lowest BCUT2D eigenvalue weighted by Crippen LogP contribution is -2.36. The summed E-state index contributed by atoms with van der Waals surface area (Å²) in [6.07, 6.45) is 2.28. The Bertz CT molecular complexity index is 1510. The summed E-state index contributed by atoms with van der Waals surface area (Å²) in [6, 6.07) is 27.8. The average molecular weight is 521 g/mol. The van der Waals surface area contributed by atoms with Gasteiger partial charge in [-0.1, -0.05) is 72.8 Å². The van der Waals surface area contributed by atoms with Crippen LogP contribution in [0.2, 0.25) is 0 Å². The van der Waals surface area contributed by atoms with Gasteiger partial charge in [-0.2, -0.15) is 0 Å². The lowest BCUT2D eigenvalue weighted by molar-refractivity contribution is -0.0508. The Morgan fingerprint density at radius 3 is 1.43 bits per heavy atom. The summed E-state index contributed by atoms with van der Waals surface area (Å²) in [7, 11) is 0. The van der Waals surface area contributed by atoms with Crippen molar-refractivity contribution >= 4 is 45.1 Å². The molecule has 3 heteroatoms. The van der Waals surface area contributed by atoms with Crippen LogP contribution in [-0.2, 0) is 17.6 Å². The van der Waals surface area contributed by atoms with Gasteiger partial charge in [-0.05, 0) is 84.3 Å². The van der Waals surface area contributed by atoms with Gasteiger partial charge in [-0.25, -0.2) is 0 Å². The fraction of sp³-hybridized carbons (Fsp3) is 0.353. The first-order chi connectivity index (χ1) is 17.8. The van der Waals surface area contributed by atoms with E-state index in [2.05, 4.69) is 124 Å². The first-order valence-corrected chi connectivity index (χ1v) is 15.4. The highest BCUT2D eigenvalue weighted by Gasteiger charge is 2.54. The van der Waals surface area contributed by atoms with E-state index >= 15 is 0 Å². The van der Waals surface area contributed by atoms with Crippen molar-refractivity contribution in [1.82, 2.24) is 0 Å². The van der Waals surface area contributed by atoms with E-state index in [1.54, 1.807) is 11.1 Å². The molecule has 37 heavy (non-hydrogen) atoms. The summed E-state index contributed by atoms with van der Waals surface area (Å²) in [5.41, 5.74) is 5.70. The standard InChI is InChI=1S/C34H32OS2/c1-33(2)31-32(34(3,4)35-33)37-30(26-18-22-14-6-10-20-12-8-16-24(26)28(20)22)29(36-31)25-17-21-13-5-9-19-11-7-15-23(25)27(19)21/h5-16,25-26,29-30H,17-18H2,1-4H3. The summed E-state index contributed by atoms with van der Waals surface area (Å²) < 4.78 is 6.73. The molecule has 8 rings (SSSR count). The minimum atomic E-state index is -0.240. The van der Waals surface area contributed by atoms with Gasteiger partial charge < -0.3 is 4.74 Å². The molecule has 4 atom stereocenters. The molecule has 0 amide bonds. The summed E-state index contributed by atoms with van der Waals surface area (Å²) in [4.78, 5) is 2.95. The van der Waals surface area contributed by atoms with Crippen molar-refractivity contribution in [3.8, 4) is 0 Å². The number of hydrogen-bond acceptors (Lipinski definition) is 3. The molecule has 186 valence electrons. The molecule has 2 aliphatic heterocycles. The number of rotatable bonds is 2. The van der Waals surface area contributed by atoms with Crippen LogP contribution in [0.3, 0.4) is 0 Å². The van der Waals surface area contributed by atoms with E-state index in [4.69, 9.17) is 4.74 Å². The van der Waals surface area contributed by atoms with E-state index in [0.29, 0.717) is 22.3 Å². The third-order valence-corrected chi connectivity index (χ3v) is 13.1. The molecule has 2 heterocycles. The molecule has 0 radical (unpaired) electrons. The Labute approximate surface area is 228 Å². The maximum absolute atomic E-state index is 6.73. The molecule has 4 unspecified atom stereocenters. The molecule has 4 aromatic rings. The second-order valence-corrected chi connectivity index (χ2v) is 14.7. The normalized spacial score (nSPS) is 28.9. The molecule has 0 N–H and O–H groups in total. The minimum absolute atomic E-state index is 0.240. The largest absolute Gasteiger partial charge is 0.359 e. The molecular weight excluding hydrogens is 489 g/mol. The van der Waals surface area contributed by atoms with Crippen LogP contribution in [-0.4, -0.2) is 21.7 Å². The van der Waals surface area contributed by atoms with Gasteiger partial charge >= 0.3 is 0 Å². The number of thioether (sulfide) groups is 2. The molecule has 2 aliphatic carbocycles. The van der Waals surface area contributed by atoms with Gasteiger partial charge in [0, 0.05) is 32.1 Å². The Morgan fingerprint density at radius 1 is 0.595 bits per heavy atom. The van der Waals surface area contributed by atoms with Gasteiger partial charge in [0.15, 0.2) is 0 Å². The highest BCUT2D eigenvalue weighted by atomic mass is 32.2. The maximum Gasteiger partial charge on any atom is 0.0954 e. The lowest BCUT2D eigenvalue weighted by atomic mass is 9.86. The van der Waals surface area contributed by atoms with Gasteiger partial charge in [0.2, 0.25) is 0 Å². The third-order valence-electron chi connectivity index (χ3n) is 9.16. The summed E-state index contributed by atoms with van der Waals surface area (Å²) >= 11 is 4.32. The molecule has 0 saturated carbocycles. The van der Waals surface area contributed by atoms with Gasteiger partial charge in [-0.3, -0.25) is 0 Å². The van der Waals surface area contributed by atoms with E-state index in [0.717, 1.165) is 12.8 Å². The van der Waals surface area contributed by atoms with Gasteiger partial charge in [-0.15, -0.1) is 23.5 Å². The zero-order chi connectivity index (χ0) is 25.1. The molecule has 4 aliphatic rings. The van der Waals surface area contributed by atoms with Crippen LogP contribution < -0.4 is 0 Å². The van der Waals surface area contributed by atoms with Gasteiger partial charge in [0.05, 0.1) is 11.2 Å². The predicted molar refractivity (Wildman–Crippen MR) is 160 cm³/mol. The summed E-state index contributed by atoms with van der Waals surface area (Å²) in [5.74, 6) is 1.03. The van der Waals surface area contributed by atoms with Crippen LogP contribution >= 0.6 is 23.5 Å². The van der Waals surface area contributed by atoms with E-state index in [-0.39, 0.29) is 11.2 Å². The molecule has 0 bridgehead atoms. The number of hydrogen-bond donors (Lipinski definition) is 0. The minimum Gasteiger partial charge on any atom is -0.359 e. The predicted octanol–water partition coefficient (Wildman–Crippen LogP) is 8.99. The van der Waals surface area contributed by atoms with E-state index < -0.39 is 0 Å². The fourth-order valence-electron chi connectivity index (χ4n) is 7.83. The van der Waals surface area contributed by atoms with Crippen LogP contribution in [0.1, 0.15) is 61.8 Å². The van der Waals surface area contributed by atoms with Crippen molar-refractivity contribution in [3.63, 3.8) is 0 Å². The molecule has 4 aromatic carbocycles. The molecule has 0 saturated heterocycles. The highest BCUT2D eigenvalue weighted by Crippen LogP contribution is 2.64. The van der Waals surface area contributed by atoms with Crippen molar-refractivity contribution < 1.29 is 4.74 Å². The van der Waals surface area contributed by atoms with E-state index in [9.17, 15) is 0 Å². The monoisotopic (exact) mass is 520 g/mol. The van der Waals surface area contributed by atoms with Gasteiger partial charge in [0.25, 0.3) is 0 Å². The second-order valence-electron chi connectivity index (χ2n) is 12.3. The zero-order valence-corrected chi connectivity index (χ0v) is 23.5. The van der Waals surface area contributed by atoms with Crippen LogP contribution in [0.25, 0.3) is 21.5 Å². The first kappa shape index (κ1) is 22.8. The smallest absolute Gasteiger partial charge is 0.0954 e. The molecular formula is C34H32OS2. The third kappa shape index (κ3) is 3.17. The molecule has 0 aromatic heterocycles. The van der Waals surface area contributed by atoms with Crippen LogP contribution in [0.4, 0.5) is 0 Å². The number of ether oxygens (including phenoxy) is 1. The van der Waals surface area contributed by atoms with E-state index in [1.165, 1.54) is 42.5 Å². The fourth-order valence-corrected chi connectivity index (χ4v) is 11.8. The summed E-state index contributed by atoms with van der Waals surface area (Å²) in [6.45, 7) is 9.10. The van der Waals surface area contributed by atoms with E-state index in [1.807, 2.05) is 0 Å². The molecule has 1 nitrogen and oxygen atoms in total. The van der Waals surface area contributed by atoms with Crippen molar-refractivity contribution in [2.24, 2.45) is 0 Å². The Kier molecular flexibility index (Phi) is 4.72. The SMILES string of the molecule is CC1(C)OC(C)(C)C2=C1SC(C1Cc3cccc4cccc1c34)C(C1Cc3cccc4cccc1c34)S2. The Morgan fingerprint density at radius 2 is 1.00 bits per heavy atom. The van der Waals surface area contributed by atoms with Crippen LogP contribution in [0, 0.1) is 0 Å². The second kappa shape index (κ2) is 7.68. The highest BCUT2D eigenvalue weighted by molar-refractivity contribution is 8.11. The van der Waals surface area contributed by atoms with Crippen molar-refractivity contribution in [2.75, 3.05) is 0 Å². The van der Waals surface area contributed by atoms with Crippen molar-refractivity contribution in [1.29, 1.82) is 0 Å². The zero-order valence-electron chi connectivity index (χ0n) is 21.9. The van der Waals surface area contributed by atoms with Crippen LogP contribution in [0.5, 0.6) is 0 Å². The number of benzene rings is 4. The first-order valence-electron chi connectivity index (χ1n) is 13.6. The molecule has 0 fully saturated rings. The van der Waals surface area contributed by atoms with Crippen molar-refractivity contribution in [3.05, 3.63) is 105 Å². The Balaban J connectivity index is 1.30. The average Bonchev–Trinajstić information content (AvgIpc) is 3.49. The van der Waals surface area contributed by atoms with Crippen molar-refractivity contribution in [2.45, 2.75) is 74.1 Å². The maximum atomic E-state index is 6.73. The lowest BCUT2D eigenvalue weighted by Gasteiger charge is -2.41. The van der Waals surface area contributed by atoms with Crippen LogP contribution in [0.15, 0.2) is 82.6 Å². The Hall–Kier alpha value is -2.20. The van der Waals surface area contributed by atoms with Gasteiger partial charge in [0.1, 0.15) is 0 Å². The topological polar surface area (TPSA) is 9.23 Å².